The minimum Gasteiger partial charge on any atom is -0.340 e. The summed E-state index contributed by atoms with van der Waals surface area (Å²) in [6.07, 6.45) is 6.52. The van der Waals surface area contributed by atoms with Crippen molar-refractivity contribution < 1.29 is 0 Å². The van der Waals surface area contributed by atoms with Gasteiger partial charge in [-0.3, -0.25) is 0 Å². The van der Waals surface area contributed by atoms with Gasteiger partial charge in [0.1, 0.15) is 5.82 Å². The van der Waals surface area contributed by atoms with Crippen molar-refractivity contribution in [3.05, 3.63) is 24.2 Å². The molecule has 1 fully saturated rings. The van der Waals surface area contributed by atoms with E-state index in [1.54, 1.807) is 6.20 Å². The molecule has 0 spiro atoms. The number of aromatic nitrogens is 3. The monoisotopic (exact) mass is 216 g/mol. The lowest BCUT2D eigenvalue weighted by Crippen LogP contribution is -2.31. The van der Waals surface area contributed by atoms with E-state index in [9.17, 15) is 0 Å². The first-order valence-electron chi connectivity index (χ1n) is 5.91. The zero-order valence-corrected chi connectivity index (χ0v) is 9.19. The van der Waals surface area contributed by atoms with Gasteiger partial charge in [-0.25, -0.2) is 9.97 Å². The second-order valence-electron chi connectivity index (χ2n) is 4.55. The van der Waals surface area contributed by atoms with Crippen LogP contribution in [-0.2, 0) is 0 Å². The molecular weight excluding hydrogens is 200 g/mol. The zero-order valence-electron chi connectivity index (χ0n) is 9.19. The summed E-state index contributed by atoms with van der Waals surface area (Å²) in [6, 6.07) is 4.17. The second-order valence-corrected chi connectivity index (χ2v) is 4.55. The van der Waals surface area contributed by atoms with E-state index in [4.69, 9.17) is 5.73 Å². The number of nitrogens with zero attached hydrogens (tertiary/aromatic N) is 2. The van der Waals surface area contributed by atoms with E-state index in [0.717, 1.165) is 29.8 Å². The van der Waals surface area contributed by atoms with Crippen molar-refractivity contribution in [1.82, 2.24) is 15.0 Å². The quantitative estimate of drug-likeness (QED) is 0.765. The average molecular weight is 216 g/mol. The third-order valence-electron chi connectivity index (χ3n) is 3.45. The number of H-pyrrole nitrogens is 1. The van der Waals surface area contributed by atoms with Gasteiger partial charge in [-0.2, -0.15) is 0 Å². The zero-order chi connectivity index (χ0) is 11.0. The van der Waals surface area contributed by atoms with Crippen molar-refractivity contribution in [3.63, 3.8) is 0 Å². The van der Waals surface area contributed by atoms with Crippen molar-refractivity contribution in [2.24, 2.45) is 5.73 Å². The SMILES string of the molecule is NC1CCCCC1c1nc2ncccc2[nH]1. The second kappa shape index (κ2) is 3.87. The van der Waals surface area contributed by atoms with Crippen LogP contribution in [0.3, 0.4) is 0 Å². The third-order valence-corrected chi connectivity index (χ3v) is 3.45. The van der Waals surface area contributed by atoms with Crippen molar-refractivity contribution >= 4 is 11.2 Å². The highest BCUT2D eigenvalue weighted by Crippen LogP contribution is 2.30. The Morgan fingerprint density at radius 2 is 2.19 bits per heavy atom. The number of pyridine rings is 1. The molecule has 1 aliphatic carbocycles. The lowest BCUT2D eigenvalue weighted by atomic mass is 9.84. The van der Waals surface area contributed by atoms with Crippen molar-refractivity contribution in [1.29, 1.82) is 0 Å². The summed E-state index contributed by atoms with van der Waals surface area (Å²) in [6.45, 7) is 0. The van der Waals surface area contributed by atoms with E-state index in [2.05, 4.69) is 15.0 Å². The number of hydrogen-bond donors (Lipinski definition) is 2. The van der Waals surface area contributed by atoms with Crippen molar-refractivity contribution in [2.45, 2.75) is 37.6 Å². The molecular formula is C12H16N4. The van der Waals surface area contributed by atoms with Crippen LogP contribution in [0.5, 0.6) is 0 Å². The van der Waals surface area contributed by atoms with Gasteiger partial charge in [0.2, 0.25) is 0 Å². The van der Waals surface area contributed by atoms with Crippen LogP contribution in [0.25, 0.3) is 11.2 Å². The maximum Gasteiger partial charge on any atom is 0.177 e. The Morgan fingerprint density at radius 3 is 3.00 bits per heavy atom. The van der Waals surface area contributed by atoms with E-state index < -0.39 is 0 Å². The molecule has 3 N–H and O–H groups in total. The number of rotatable bonds is 1. The summed E-state index contributed by atoms with van der Waals surface area (Å²) in [5.41, 5.74) is 7.96. The van der Waals surface area contributed by atoms with Crippen LogP contribution >= 0.6 is 0 Å². The first kappa shape index (κ1) is 9.78. The topological polar surface area (TPSA) is 67.6 Å². The number of nitrogens with two attached hydrogens (primary N) is 1. The van der Waals surface area contributed by atoms with E-state index in [1.165, 1.54) is 12.8 Å². The van der Waals surface area contributed by atoms with Crippen LogP contribution in [0, 0.1) is 0 Å². The summed E-state index contributed by atoms with van der Waals surface area (Å²) >= 11 is 0. The molecule has 16 heavy (non-hydrogen) atoms. The highest BCUT2D eigenvalue weighted by molar-refractivity contribution is 5.70. The maximum absolute atomic E-state index is 6.15. The molecule has 2 unspecified atom stereocenters. The maximum atomic E-state index is 6.15. The first-order valence-corrected chi connectivity index (χ1v) is 5.91. The molecule has 3 rings (SSSR count). The van der Waals surface area contributed by atoms with Crippen LogP contribution in [0.1, 0.15) is 37.4 Å². The fourth-order valence-electron chi connectivity index (χ4n) is 2.54. The minimum atomic E-state index is 0.245. The largest absolute Gasteiger partial charge is 0.340 e. The van der Waals surface area contributed by atoms with E-state index in [0.29, 0.717) is 5.92 Å². The Kier molecular flexibility index (Phi) is 2.36. The van der Waals surface area contributed by atoms with Crippen molar-refractivity contribution in [2.75, 3.05) is 0 Å². The Labute approximate surface area is 94.3 Å². The number of nitrogens with one attached hydrogen (secondary N) is 1. The highest BCUT2D eigenvalue weighted by Gasteiger charge is 2.25. The lowest BCUT2D eigenvalue weighted by molar-refractivity contribution is 0.375. The molecule has 2 heterocycles. The molecule has 2 aromatic rings. The van der Waals surface area contributed by atoms with Gasteiger partial charge < -0.3 is 10.7 Å². The molecule has 0 radical (unpaired) electrons. The molecule has 0 bridgehead atoms. The lowest BCUT2D eigenvalue weighted by Gasteiger charge is -2.26. The number of hydrogen-bond acceptors (Lipinski definition) is 3. The molecule has 4 nitrogen and oxygen atoms in total. The predicted octanol–water partition coefficient (Wildman–Crippen LogP) is 1.94. The van der Waals surface area contributed by atoms with E-state index in [1.807, 2.05) is 12.1 Å². The van der Waals surface area contributed by atoms with Crippen molar-refractivity contribution in [3.8, 4) is 0 Å². The van der Waals surface area contributed by atoms with Crippen LogP contribution in [0.15, 0.2) is 18.3 Å². The molecule has 0 aliphatic heterocycles. The predicted molar refractivity (Wildman–Crippen MR) is 63.1 cm³/mol. The first-order chi connectivity index (χ1) is 7.84. The van der Waals surface area contributed by atoms with E-state index >= 15 is 0 Å². The molecule has 4 heteroatoms. The summed E-state index contributed by atoms with van der Waals surface area (Å²) in [5, 5.41) is 0. The van der Waals surface area contributed by atoms with Gasteiger partial charge in [-0.05, 0) is 25.0 Å². The fourth-order valence-corrected chi connectivity index (χ4v) is 2.54. The number of imidazole rings is 1. The highest BCUT2D eigenvalue weighted by atomic mass is 15.0. The van der Waals surface area contributed by atoms with Gasteiger partial charge in [0.05, 0.1) is 5.52 Å². The average Bonchev–Trinajstić information content (AvgIpc) is 2.73. The fraction of sp³-hybridized carbons (Fsp3) is 0.500. The number of aromatic amines is 1. The number of fused-ring (bicyclic) bond motifs is 1. The van der Waals surface area contributed by atoms with Crippen LogP contribution in [-0.4, -0.2) is 21.0 Å². The van der Waals surface area contributed by atoms with Crippen LogP contribution < -0.4 is 5.73 Å². The molecule has 2 aromatic heterocycles. The Balaban J connectivity index is 1.98. The summed E-state index contributed by atoms with van der Waals surface area (Å²) in [5.74, 6) is 1.39. The van der Waals surface area contributed by atoms with Crippen LogP contribution in [0.2, 0.25) is 0 Å². The smallest absolute Gasteiger partial charge is 0.177 e. The van der Waals surface area contributed by atoms with Crippen LogP contribution in [0.4, 0.5) is 0 Å². The van der Waals surface area contributed by atoms with Gasteiger partial charge in [-0.15, -0.1) is 0 Å². The molecule has 1 aliphatic rings. The Morgan fingerprint density at radius 1 is 1.31 bits per heavy atom. The molecule has 0 aromatic carbocycles. The van der Waals surface area contributed by atoms with Gasteiger partial charge in [0, 0.05) is 18.2 Å². The standard InChI is InChI=1S/C12H16N4/c13-9-5-2-1-4-8(9)11-15-10-6-3-7-14-12(10)16-11/h3,6-9H,1-2,4-5,13H2,(H,14,15,16). The summed E-state index contributed by atoms with van der Waals surface area (Å²) in [7, 11) is 0. The van der Waals surface area contributed by atoms with Gasteiger partial charge >= 0.3 is 0 Å². The molecule has 1 saturated carbocycles. The molecule has 84 valence electrons. The molecule has 2 atom stereocenters. The summed E-state index contributed by atoms with van der Waals surface area (Å²) in [4.78, 5) is 12.1. The normalized spacial score (nSPS) is 26.1. The third kappa shape index (κ3) is 1.59. The summed E-state index contributed by atoms with van der Waals surface area (Å²) < 4.78 is 0. The molecule has 0 saturated heterocycles. The Hall–Kier alpha value is -1.42. The van der Waals surface area contributed by atoms with Gasteiger partial charge in [-0.1, -0.05) is 12.8 Å². The van der Waals surface area contributed by atoms with E-state index in [-0.39, 0.29) is 6.04 Å². The Bertz CT molecular complexity index is 457. The van der Waals surface area contributed by atoms with Gasteiger partial charge in [0.15, 0.2) is 5.65 Å². The minimum absolute atomic E-state index is 0.245. The van der Waals surface area contributed by atoms with Gasteiger partial charge in [0.25, 0.3) is 0 Å². The molecule has 0 amide bonds.